The highest BCUT2D eigenvalue weighted by Gasteiger charge is 2.23. The summed E-state index contributed by atoms with van der Waals surface area (Å²) in [7, 11) is 0. The Labute approximate surface area is 227 Å². The minimum atomic E-state index is -1.05. The second-order valence-corrected chi connectivity index (χ2v) is 9.66. The van der Waals surface area contributed by atoms with E-state index in [0.29, 0.717) is 43.6 Å². The van der Waals surface area contributed by atoms with Crippen molar-refractivity contribution >= 4 is 63.2 Å². The third kappa shape index (κ3) is 5.53. The number of rotatable bonds is 7. The maximum atomic E-state index is 12.8. The Morgan fingerprint density at radius 1 is 1.03 bits per heavy atom. The van der Waals surface area contributed by atoms with Gasteiger partial charge in [-0.05, 0) is 60.2 Å². The molecule has 0 bridgehead atoms. The van der Waals surface area contributed by atoms with Crippen molar-refractivity contribution in [3.05, 3.63) is 88.0 Å². The lowest BCUT2D eigenvalue weighted by Crippen LogP contribution is -2.26. The van der Waals surface area contributed by atoms with Crippen LogP contribution in [0.4, 0.5) is 11.4 Å². The molecule has 1 aliphatic heterocycles. The van der Waals surface area contributed by atoms with E-state index >= 15 is 0 Å². The number of aromatic nitrogens is 1. The van der Waals surface area contributed by atoms with Gasteiger partial charge in [-0.25, -0.2) is 0 Å². The summed E-state index contributed by atoms with van der Waals surface area (Å²) < 4.78 is 1.47. The van der Waals surface area contributed by atoms with E-state index in [0.717, 1.165) is 18.8 Å². The number of aliphatic imine (C=N–C) groups is 1. The van der Waals surface area contributed by atoms with Crippen LogP contribution in [-0.2, 0) is 4.79 Å². The number of anilines is 2. The van der Waals surface area contributed by atoms with Crippen molar-refractivity contribution < 1.29 is 19.8 Å². The molecule has 3 aromatic carbocycles. The van der Waals surface area contributed by atoms with Crippen molar-refractivity contribution in [2.45, 2.75) is 12.5 Å². The van der Waals surface area contributed by atoms with Crippen molar-refractivity contribution in [3.63, 3.8) is 0 Å². The molecule has 0 fully saturated rings. The van der Waals surface area contributed by atoms with Gasteiger partial charge in [0.05, 0.1) is 19.0 Å². The van der Waals surface area contributed by atoms with Gasteiger partial charge in [0.25, 0.3) is 5.91 Å². The number of nitrogens with zero attached hydrogens (tertiary/aromatic N) is 2. The van der Waals surface area contributed by atoms with Gasteiger partial charge in [-0.1, -0.05) is 29.3 Å². The fourth-order valence-corrected chi connectivity index (χ4v) is 4.91. The molecule has 1 amide bonds. The van der Waals surface area contributed by atoms with Crippen LogP contribution in [0, 0.1) is 0 Å². The molecule has 0 spiro atoms. The summed E-state index contributed by atoms with van der Waals surface area (Å²) in [6.07, 6.45) is 1.36. The number of benzene rings is 3. The average Bonchev–Trinajstić information content (AvgIpc) is 3.50. The number of nitrogens with one attached hydrogen (secondary N) is 3. The molecule has 38 heavy (non-hydrogen) atoms. The van der Waals surface area contributed by atoms with Crippen LogP contribution >= 0.6 is 23.2 Å². The fraction of sp³-hybridized carbons (Fsp3) is 0.148. The molecule has 0 radical (unpaired) electrons. The summed E-state index contributed by atoms with van der Waals surface area (Å²) >= 11 is 12.3. The molecule has 0 aliphatic carbocycles. The van der Waals surface area contributed by atoms with Crippen molar-refractivity contribution in [1.29, 1.82) is 0 Å². The van der Waals surface area contributed by atoms with Crippen LogP contribution in [-0.4, -0.2) is 45.7 Å². The first-order chi connectivity index (χ1) is 18.3. The molecule has 1 aromatic heterocycles. The van der Waals surface area contributed by atoms with Crippen LogP contribution in [0.15, 0.2) is 71.9 Å². The fourth-order valence-electron chi connectivity index (χ4n) is 4.36. The van der Waals surface area contributed by atoms with E-state index in [1.807, 2.05) is 0 Å². The Bertz CT molecular complexity index is 1550. The van der Waals surface area contributed by atoms with Gasteiger partial charge in [0.2, 0.25) is 0 Å². The molecule has 1 aliphatic rings. The topological polar surface area (TPSA) is 128 Å². The number of aliphatic carboxylic acids is 1. The van der Waals surface area contributed by atoms with E-state index in [-0.39, 0.29) is 18.2 Å². The Hall–Kier alpha value is -4.21. The number of aromatic hydroxyl groups is 1. The quantitative estimate of drug-likeness (QED) is 0.211. The minimum Gasteiger partial charge on any atom is -0.494 e. The molecule has 11 heteroatoms. The Balaban J connectivity index is 1.38. The molecule has 2 heterocycles. The summed E-state index contributed by atoms with van der Waals surface area (Å²) in [5.74, 6) is -0.808. The largest absolute Gasteiger partial charge is 0.494 e. The third-order valence-corrected chi connectivity index (χ3v) is 6.57. The smallest absolute Gasteiger partial charge is 0.305 e. The number of fused-ring (bicyclic) bond motifs is 1. The highest BCUT2D eigenvalue weighted by Crippen LogP contribution is 2.37. The van der Waals surface area contributed by atoms with E-state index in [1.165, 1.54) is 4.57 Å². The van der Waals surface area contributed by atoms with Gasteiger partial charge < -0.3 is 30.7 Å². The lowest BCUT2D eigenvalue weighted by Gasteiger charge is -2.19. The number of guanidine groups is 1. The van der Waals surface area contributed by atoms with Gasteiger partial charge in [0.15, 0.2) is 11.8 Å². The van der Waals surface area contributed by atoms with Gasteiger partial charge >= 0.3 is 5.97 Å². The molecule has 5 rings (SSSR count). The van der Waals surface area contributed by atoms with Gasteiger partial charge in [0.1, 0.15) is 0 Å². The van der Waals surface area contributed by atoms with Crippen LogP contribution in [0.3, 0.4) is 0 Å². The summed E-state index contributed by atoms with van der Waals surface area (Å²) in [5, 5.41) is 31.5. The number of carboxylic acid groups (broad SMARTS) is 1. The van der Waals surface area contributed by atoms with Crippen LogP contribution in [0.2, 0.25) is 10.0 Å². The van der Waals surface area contributed by atoms with Crippen LogP contribution in [0.25, 0.3) is 10.8 Å². The van der Waals surface area contributed by atoms with Crippen LogP contribution in [0.1, 0.15) is 28.4 Å². The first kappa shape index (κ1) is 25.4. The predicted octanol–water partition coefficient (Wildman–Crippen LogP) is 5.34. The number of carboxylic acids is 1. The first-order valence-corrected chi connectivity index (χ1v) is 12.5. The lowest BCUT2D eigenvalue weighted by atomic mass is 10.0. The molecule has 0 saturated heterocycles. The molecule has 1 unspecified atom stereocenters. The standard InChI is InChI=1S/C27H23Cl2N5O4/c28-18-9-17(10-19(29)11-18)23(13-24(35)36)34-14-16-3-6-21(12-22(16)26(34)38)32-25(37)15-1-4-20(5-2-15)33-27-30-7-8-31-27/h1-6,9-12,14,23,38H,7-8,13H2,(H,32,37)(H,35,36)(H2,30,31,33). The van der Waals surface area contributed by atoms with Crippen LogP contribution in [0.5, 0.6) is 5.88 Å². The Morgan fingerprint density at radius 2 is 1.74 bits per heavy atom. The van der Waals surface area contributed by atoms with E-state index in [1.54, 1.807) is 66.9 Å². The monoisotopic (exact) mass is 551 g/mol. The van der Waals surface area contributed by atoms with Crippen molar-refractivity contribution in [2.75, 3.05) is 23.7 Å². The Kier molecular flexibility index (Phi) is 7.13. The van der Waals surface area contributed by atoms with E-state index in [9.17, 15) is 19.8 Å². The number of amides is 1. The second kappa shape index (κ2) is 10.6. The second-order valence-electron chi connectivity index (χ2n) is 8.79. The van der Waals surface area contributed by atoms with Crippen LogP contribution < -0.4 is 16.0 Å². The SMILES string of the molecule is O=C(O)CC(c1cc(Cl)cc(Cl)c1)n1cc2ccc(NC(=O)c3ccc(NC4=NCCN4)cc3)cc2c1O. The van der Waals surface area contributed by atoms with Gasteiger partial charge in [-0.15, -0.1) is 0 Å². The highest BCUT2D eigenvalue weighted by atomic mass is 35.5. The van der Waals surface area contributed by atoms with E-state index in [2.05, 4.69) is 20.9 Å². The molecule has 1 atom stereocenters. The number of carbonyl (C=O) groups excluding carboxylic acids is 1. The molecular formula is C27H23Cl2N5O4. The maximum Gasteiger partial charge on any atom is 0.305 e. The summed E-state index contributed by atoms with van der Waals surface area (Å²) in [6.45, 7) is 1.52. The highest BCUT2D eigenvalue weighted by molar-refractivity contribution is 6.34. The normalized spacial score (nSPS) is 13.6. The summed E-state index contributed by atoms with van der Waals surface area (Å²) in [4.78, 5) is 28.8. The summed E-state index contributed by atoms with van der Waals surface area (Å²) in [6, 6.07) is 16.1. The van der Waals surface area contributed by atoms with Crippen molar-refractivity contribution in [2.24, 2.45) is 4.99 Å². The number of hydrogen-bond donors (Lipinski definition) is 5. The number of halogens is 2. The van der Waals surface area contributed by atoms with Crippen molar-refractivity contribution in [3.8, 4) is 5.88 Å². The molecule has 4 aromatic rings. The molecule has 9 nitrogen and oxygen atoms in total. The molecule has 194 valence electrons. The van der Waals surface area contributed by atoms with E-state index < -0.39 is 12.0 Å². The zero-order valence-electron chi connectivity index (χ0n) is 19.9. The maximum absolute atomic E-state index is 12.8. The lowest BCUT2D eigenvalue weighted by molar-refractivity contribution is -0.137. The predicted molar refractivity (Wildman–Crippen MR) is 149 cm³/mol. The zero-order valence-corrected chi connectivity index (χ0v) is 21.4. The molecular weight excluding hydrogens is 529 g/mol. The van der Waals surface area contributed by atoms with Gasteiger partial charge in [0, 0.05) is 50.5 Å². The minimum absolute atomic E-state index is 0.141. The zero-order chi connectivity index (χ0) is 26.8. The molecule has 5 N–H and O–H groups in total. The summed E-state index contributed by atoms with van der Waals surface area (Å²) in [5.41, 5.74) is 2.28. The first-order valence-electron chi connectivity index (χ1n) is 11.7. The third-order valence-electron chi connectivity index (χ3n) is 6.13. The van der Waals surface area contributed by atoms with E-state index in [4.69, 9.17) is 23.2 Å². The number of hydrogen-bond acceptors (Lipinski definition) is 6. The molecule has 0 saturated carbocycles. The van der Waals surface area contributed by atoms with Gasteiger partial charge in [-0.3, -0.25) is 14.6 Å². The average molecular weight is 552 g/mol. The van der Waals surface area contributed by atoms with Crippen molar-refractivity contribution in [1.82, 2.24) is 9.88 Å². The Morgan fingerprint density at radius 3 is 2.39 bits per heavy atom. The number of carbonyl (C=O) groups is 2. The van der Waals surface area contributed by atoms with Gasteiger partial charge in [-0.2, -0.15) is 0 Å².